The predicted octanol–water partition coefficient (Wildman–Crippen LogP) is 3.03. The molecule has 0 unspecified atom stereocenters. The number of pyridine rings is 1. The largest absolute Gasteiger partial charge is 0.335 e. The van der Waals surface area contributed by atoms with Crippen LogP contribution in [0.5, 0.6) is 0 Å². The highest BCUT2D eigenvalue weighted by Gasteiger charge is 2.06. The van der Waals surface area contributed by atoms with Gasteiger partial charge in [0.1, 0.15) is 5.82 Å². The molecule has 0 saturated heterocycles. The molecule has 0 N–H and O–H groups in total. The fraction of sp³-hybridized carbons (Fsp3) is 0.429. The Kier molecular flexibility index (Phi) is 3.91. The maximum Gasteiger partial charge on any atom is 0.111 e. The topological polar surface area (TPSA) is 30.7 Å². The van der Waals surface area contributed by atoms with Crippen LogP contribution in [0.25, 0.3) is 0 Å². The Bertz CT molecular complexity index is 446. The number of hydrogen-bond acceptors (Lipinski definition) is 2. The first kappa shape index (κ1) is 11.8. The summed E-state index contributed by atoms with van der Waals surface area (Å²) in [6.07, 6.45) is 9.91. The molecule has 0 saturated carbocycles. The minimum atomic E-state index is 0.489. The van der Waals surface area contributed by atoms with E-state index in [4.69, 9.17) is 0 Å². The van der Waals surface area contributed by atoms with Gasteiger partial charge in [-0.2, -0.15) is 0 Å². The molecule has 0 aliphatic carbocycles. The van der Waals surface area contributed by atoms with Crippen molar-refractivity contribution in [3.63, 3.8) is 0 Å². The molecule has 0 bridgehead atoms. The van der Waals surface area contributed by atoms with E-state index in [9.17, 15) is 0 Å². The number of imidazole rings is 1. The summed E-state index contributed by atoms with van der Waals surface area (Å²) < 4.78 is 2.25. The minimum Gasteiger partial charge on any atom is -0.335 e. The monoisotopic (exact) mass is 229 g/mol. The van der Waals surface area contributed by atoms with Gasteiger partial charge >= 0.3 is 0 Å². The molecular formula is C14H19N3. The third-order valence-corrected chi connectivity index (χ3v) is 2.85. The van der Waals surface area contributed by atoms with Gasteiger partial charge in [0.15, 0.2) is 0 Å². The number of nitrogens with zero attached hydrogens (tertiary/aromatic N) is 3. The molecule has 0 aromatic carbocycles. The van der Waals surface area contributed by atoms with Crippen molar-refractivity contribution in [1.29, 1.82) is 0 Å². The molecule has 2 aromatic rings. The molecule has 0 aliphatic heterocycles. The molecule has 2 heterocycles. The van der Waals surface area contributed by atoms with Crippen molar-refractivity contribution in [2.45, 2.75) is 39.2 Å². The quantitative estimate of drug-likeness (QED) is 0.789. The van der Waals surface area contributed by atoms with Crippen molar-refractivity contribution >= 4 is 0 Å². The zero-order chi connectivity index (χ0) is 12.1. The van der Waals surface area contributed by atoms with E-state index in [0.29, 0.717) is 5.92 Å². The summed E-state index contributed by atoms with van der Waals surface area (Å²) in [6, 6.07) is 4.12. The van der Waals surface area contributed by atoms with Gasteiger partial charge in [-0.25, -0.2) is 4.98 Å². The Balaban J connectivity index is 1.88. The highest BCUT2D eigenvalue weighted by atomic mass is 15.1. The zero-order valence-electron chi connectivity index (χ0n) is 10.5. The molecule has 2 rings (SSSR count). The molecule has 3 heteroatoms. The molecule has 90 valence electrons. The molecule has 3 nitrogen and oxygen atoms in total. The van der Waals surface area contributed by atoms with Gasteiger partial charge in [0.25, 0.3) is 0 Å². The van der Waals surface area contributed by atoms with E-state index in [-0.39, 0.29) is 0 Å². The van der Waals surface area contributed by atoms with E-state index in [1.54, 1.807) is 0 Å². The third-order valence-electron chi connectivity index (χ3n) is 2.85. The number of rotatable bonds is 5. The molecule has 0 atom stereocenters. The van der Waals surface area contributed by atoms with E-state index in [0.717, 1.165) is 19.4 Å². The second-order valence-corrected chi connectivity index (χ2v) is 4.60. The van der Waals surface area contributed by atoms with Crippen LogP contribution in [-0.4, -0.2) is 14.5 Å². The lowest BCUT2D eigenvalue weighted by atomic mass is 10.1. The van der Waals surface area contributed by atoms with Crippen LogP contribution in [0, 0.1) is 0 Å². The summed E-state index contributed by atoms with van der Waals surface area (Å²) in [7, 11) is 0. The standard InChI is InChI=1S/C14H19N3/c1-12(2)14-16-8-10-17(14)9-4-6-13-5-3-7-15-11-13/h3,5,7-8,10-12H,4,6,9H2,1-2H3. The van der Waals surface area contributed by atoms with Gasteiger partial charge < -0.3 is 4.57 Å². The third kappa shape index (κ3) is 3.16. The van der Waals surface area contributed by atoms with Gasteiger partial charge in [-0.1, -0.05) is 19.9 Å². The molecular weight excluding hydrogens is 210 g/mol. The minimum absolute atomic E-state index is 0.489. The van der Waals surface area contributed by atoms with E-state index < -0.39 is 0 Å². The van der Waals surface area contributed by atoms with E-state index in [2.05, 4.69) is 40.6 Å². The zero-order valence-corrected chi connectivity index (χ0v) is 10.5. The summed E-state index contributed by atoms with van der Waals surface area (Å²) in [6.45, 7) is 5.39. The molecule has 17 heavy (non-hydrogen) atoms. The first-order valence-electron chi connectivity index (χ1n) is 6.17. The number of hydrogen-bond donors (Lipinski definition) is 0. The van der Waals surface area contributed by atoms with Crippen molar-refractivity contribution < 1.29 is 0 Å². The SMILES string of the molecule is CC(C)c1nccn1CCCc1cccnc1. The van der Waals surface area contributed by atoms with Crippen molar-refractivity contribution in [2.24, 2.45) is 0 Å². The fourth-order valence-corrected chi connectivity index (χ4v) is 2.01. The van der Waals surface area contributed by atoms with Crippen LogP contribution >= 0.6 is 0 Å². The van der Waals surface area contributed by atoms with Gasteiger partial charge in [-0.15, -0.1) is 0 Å². The highest BCUT2D eigenvalue weighted by molar-refractivity contribution is 5.08. The van der Waals surface area contributed by atoms with E-state index in [1.165, 1.54) is 11.4 Å². The van der Waals surface area contributed by atoms with Crippen LogP contribution in [0.1, 0.15) is 37.6 Å². The Hall–Kier alpha value is -1.64. The lowest BCUT2D eigenvalue weighted by Crippen LogP contribution is -2.05. The van der Waals surface area contributed by atoms with Crippen molar-refractivity contribution in [3.8, 4) is 0 Å². The summed E-state index contributed by atoms with van der Waals surface area (Å²) in [5, 5.41) is 0. The molecule has 0 aliphatic rings. The Morgan fingerprint density at radius 3 is 2.88 bits per heavy atom. The molecule has 0 fully saturated rings. The molecule has 0 spiro atoms. The van der Waals surface area contributed by atoms with E-state index in [1.807, 2.05) is 24.7 Å². The molecule has 0 radical (unpaired) electrons. The van der Waals surface area contributed by atoms with Gasteiger partial charge in [-0.3, -0.25) is 4.98 Å². The van der Waals surface area contributed by atoms with Gasteiger partial charge in [0.05, 0.1) is 0 Å². The van der Waals surface area contributed by atoms with Crippen LogP contribution in [0.2, 0.25) is 0 Å². The van der Waals surface area contributed by atoms with Gasteiger partial charge in [-0.05, 0) is 24.5 Å². The first-order valence-corrected chi connectivity index (χ1v) is 6.17. The van der Waals surface area contributed by atoms with Crippen molar-refractivity contribution in [2.75, 3.05) is 0 Å². The average Bonchev–Trinajstić information content (AvgIpc) is 2.79. The van der Waals surface area contributed by atoms with E-state index >= 15 is 0 Å². The summed E-state index contributed by atoms with van der Waals surface area (Å²) in [4.78, 5) is 8.52. The maximum atomic E-state index is 4.39. The Morgan fingerprint density at radius 2 is 2.18 bits per heavy atom. The van der Waals surface area contributed by atoms with Crippen molar-refractivity contribution in [3.05, 3.63) is 48.3 Å². The van der Waals surface area contributed by atoms with Crippen LogP contribution in [0.15, 0.2) is 36.9 Å². The van der Waals surface area contributed by atoms with Gasteiger partial charge in [0.2, 0.25) is 0 Å². The average molecular weight is 229 g/mol. The lowest BCUT2D eigenvalue weighted by Gasteiger charge is -2.09. The van der Waals surface area contributed by atoms with Crippen molar-refractivity contribution in [1.82, 2.24) is 14.5 Å². The predicted molar refractivity (Wildman–Crippen MR) is 68.9 cm³/mol. The van der Waals surface area contributed by atoms with Crippen LogP contribution < -0.4 is 0 Å². The van der Waals surface area contributed by atoms with Crippen LogP contribution in [0.3, 0.4) is 0 Å². The summed E-state index contributed by atoms with van der Waals surface area (Å²) in [5.41, 5.74) is 1.30. The Morgan fingerprint density at radius 1 is 1.29 bits per heavy atom. The summed E-state index contributed by atoms with van der Waals surface area (Å²) in [5.74, 6) is 1.67. The molecule has 0 amide bonds. The second-order valence-electron chi connectivity index (χ2n) is 4.60. The highest BCUT2D eigenvalue weighted by Crippen LogP contribution is 2.12. The van der Waals surface area contributed by atoms with Crippen LogP contribution in [-0.2, 0) is 13.0 Å². The van der Waals surface area contributed by atoms with Crippen LogP contribution in [0.4, 0.5) is 0 Å². The fourth-order valence-electron chi connectivity index (χ4n) is 2.01. The first-order chi connectivity index (χ1) is 8.27. The second kappa shape index (κ2) is 5.62. The maximum absolute atomic E-state index is 4.39. The number of aromatic nitrogens is 3. The number of aryl methyl sites for hydroxylation is 2. The smallest absolute Gasteiger partial charge is 0.111 e. The normalized spacial score (nSPS) is 11.0. The summed E-state index contributed by atoms with van der Waals surface area (Å²) >= 11 is 0. The Labute approximate surface area is 103 Å². The van der Waals surface area contributed by atoms with Gasteiger partial charge in [0, 0.05) is 37.3 Å². The molecule has 2 aromatic heterocycles. The lowest BCUT2D eigenvalue weighted by molar-refractivity contribution is 0.589.